The van der Waals surface area contributed by atoms with Crippen LogP contribution in [0, 0.1) is 5.82 Å². The Morgan fingerprint density at radius 2 is 2.00 bits per heavy atom. The third-order valence-electron chi connectivity index (χ3n) is 2.01. The summed E-state index contributed by atoms with van der Waals surface area (Å²) >= 11 is 1.74. The molecule has 15 heavy (non-hydrogen) atoms. The SMILES string of the molecule is CC(C)(C)SCc1cc(CN)ccc1F. The Morgan fingerprint density at radius 3 is 2.53 bits per heavy atom. The molecule has 0 radical (unpaired) electrons. The topological polar surface area (TPSA) is 26.0 Å². The van der Waals surface area contributed by atoms with Gasteiger partial charge in [-0.1, -0.05) is 32.9 Å². The molecule has 0 atom stereocenters. The van der Waals surface area contributed by atoms with Crippen molar-refractivity contribution in [2.24, 2.45) is 5.73 Å². The van der Waals surface area contributed by atoms with Crippen LogP contribution in [0.4, 0.5) is 4.39 Å². The Morgan fingerprint density at radius 1 is 1.33 bits per heavy atom. The molecule has 0 aliphatic heterocycles. The zero-order valence-electron chi connectivity index (χ0n) is 9.51. The van der Waals surface area contributed by atoms with E-state index in [0.29, 0.717) is 12.3 Å². The molecule has 0 unspecified atom stereocenters. The highest BCUT2D eigenvalue weighted by atomic mass is 32.2. The molecule has 2 N–H and O–H groups in total. The maximum Gasteiger partial charge on any atom is 0.127 e. The highest BCUT2D eigenvalue weighted by molar-refractivity contribution is 7.99. The maximum absolute atomic E-state index is 13.4. The van der Waals surface area contributed by atoms with Gasteiger partial charge in [-0.3, -0.25) is 0 Å². The first-order chi connectivity index (χ1) is 6.92. The molecule has 3 heteroatoms. The highest BCUT2D eigenvalue weighted by Gasteiger charge is 2.12. The summed E-state index contributed by atoms with van der Waals surface area (Å²) in [5.74, 6) is 0.562. The summed E-state index contributed by atoms with van der Waals surface area (Å²) in [6.45, 7) is 6.85. The fourth-order valence-electron chi connectivity index (χ4n) is 1.16. The zero-order chi connectivity index (χ0) is 11.5. The van der Waals surface area contributed by atoms with Crippen molar-refractivity contribution in [3.8, 4) is 0 Å². The van der Waals surface area contributed by atoms with Gasteiger partial charge in [-0.15, -0.1) is 0 Å². The van der Waals surface area contributed by atoms with E-state index in [9.17, 15) is 4.39 Å². The lowest BCUT2D eigenvalue weighted by atomic mass is 10.1. The summed E-state index contributed by atoms with van der Waals surface area (Å²) in [5.41, 5.74) is 7.26. The van der Waals surface area contributed by atoms with Crippen LogP contribution in [0.25, 0.3) is 0 Å². The Balaban J connectivity index is 2.75. The Kier molecular flexibility index (Phi) is 4.17. The second kappa shape index (κ2) is 4.99. The van der Waals surface area contributed by atoms with E-state index in [2.05, 4.69) is 20.8 Å². The first-order valence-corrected chi connectivity index (χ1v) is 6.02. The van der Waals surface area contributed by atoms with Gasteiger partial charge in [0.05, 0.1) is 0 Å². The van der Waals surface area contributed by atoms with Gasteiger partial charge in [0.2, 0.25) is 0 Å². The van der Waals surface area contributed by atoms with Gasteiger partial charge in [-0.25, -0.2) is 4.39 Å². The molecule has 0 aliphatic carbocycles. The predicted molar refractivity (Wildman–Crippen MR) is 65.3 cm³/mol. The first-order valence-electron chi connectivity index (χ1n) is 5.04. The average molecular weight is 227 g/mol. The van der Waals surface area contributed by atoms with Crippen LogP contribution in [0.5, 0.6) is 0 Å². The number of thioether (sulfide) groups is 1. The minimum Gasteiger partial charge on any atom is -0.326 e. The molecule has 0 spiro atoms. The predicted octanol–water partition coefficient (Wildman–Crippen LogP) is 3.32. The molecule has 0 heterocycles. The van der Waals surface area contributed by atoms with E-state index in [1.54, 1.807) is 17.8 Å². The fourth-order valence-corrected chi connectivity index (χ4v) is 1.97. The molecule has 1 aromatic carbocycles. The van der Waals surface area contributed by atoms with Crippen LogP contribution in [0.2, 0.25) is 0 Å². The molecule has 0 fully saturated rings. The van der Waals surface area contributed by atoms with E-state index in [1.165, 1.54) is 6.07 Å². The lowest BCUT2D eigenvalue weighted by Crippen LogP contribution is -2.08. The van der Waals surface area contributed by atoms with Gasteiger partial charge < -0.3 is 5.73 Å². The number of rotatable bonds is 3. The van der Waals surface area contributed by atoms with Crippen LogP contribution < -0.4 is 5.73 Å². The van der Waals surface area contributed by atoms with Crippen LogP contribution >= 0.6 is 11.8 Å². The minimum absolute atomic E-state index is 0.135. The molecule has 1 aromatic rings. The molecule has 0 amide bonds. The summed E-state index contributed by atoms with van der Waals surface area (Å²) in [5, 5.41) is 0. The van der Waals surface area contributed by atoms with Gasteiger partial charge in [-0.2, -0.15) is 11.8 Å². The average Bonchev–Trinajstić information content (AvgIpc) is 2.15. The quantitative estimate of drug-likeness (QED) is 0.857. The van der Waals surface area contributed by atoms with Crippen molar-refractivity contribution in [2.75, 3.05) is 0 Å². The molecule has 0 saturated carbocycles. The Labute approximate surface area is 95.2 Å². The van der Waals surface area contributed by atoms with Crippen molar-refractivity contribution >= 4 is 11.8 Å². The van der Waals surface area contributed by atoms with E-state index in [1.807, 2.05) is 6.07 Å². The third kappa shape index (κ3) is 4.22. The van der Waals surface area contributed by atoms with Crippen LogP contribution in [0.15, 0.2) is 18.2 Å². The lowest BCUT2D eigenvalue weighted by molar-refractivity contribution is 0.616. The second-order valence-corrected chi connectivity index (χ2v) is 6.33. The van der Waals surface area contributed by atoms with Crippen molar-refractivity contribution < 1.29 is 4.39 Å². The molecule has 0 bridgehead atoms. The molecule has 84 valence electrons. The van der Waals surface area contributed by atoms with Crippen LogP contribution in [0.1, 0.15) is 31.9 Å². The summed E-state index contributed by atoms with van der Waals surface area (Å²) < 4.78 is 13.6. The van der Waals surface area contributed by atoms with Gasteiger partial charge in [-0.05, 0) is 17.2 Å². The molecular formula is C12H18FNS. The third-order valence-corrected chi connectivity index (χ3v) is 3.33. The van der Waals surface area contributed by atoms with Crippen molar-refractivity contribution in [3.05, 3.63) is 35.1 Å². The highest BCUT2D eigenvalue weighted by Crippen LogP contribution is 2.28. The van der Waals surface area contributed by atoms with Gasteiger partial charge in [0.1, 0.15) is 5.82 Å². The molecule has 0 aliphatic rings. The van der Waals surface area contributed by atoms with Crippen LogP contribution in [-0.4, -0.2) is 4.75 Å². The summed E-state index contributed by atoms with van der Waals surface area (Å²) in [4.78, 5) is 0. The number of hydrogen-bond donors (Lipinski definition) is 1. The molecule has 1 rings (SSSR count). The Hall–Kier alpha value is -0.540. The molecule has 1 nitrogen and oxygen atoms in total. The van der Waals surface area contributed by atoms with E-state index in [4.69, 9.17) is 5.73 Å². The second-order valence-electron chi connectivity index (χ2n) is 4.53. The number of nitrogens with two attached hydrogens (primary N) is 1. The lowest BCUT2D eigenvalue weighted by Gasteiger charge is -2.17. The normalized spacial score (nSPS) is 11.8. The first kappa shape index (κ1) is 12.5. The van der Waals surface area contributed by atoms with Crippen molar-refractivity contribution in [2.45, 2.75) is 37.8 Å². The Bertz CT molecular complexity index is 331. The van der Waals surface area contributed by atoms with Gasteiger partial charge in [0.15, 0.2) is 0 Å². The van der Waals surface area contributed by atoms with E-state index >= 15 is 0 Å². The largest absolute Gasteiger partial charge is 0.326 e. The van der Waals surface area contributed by atoms with Crippen molar-refractivity contribution in [1.82, 2.24) is 0 Å². The minimum atomic E-state index is -0.135. The van der Waals surface area contributed by atoms with E-state index < -0.39 is 0 Å². The summed E-state index contributed by atoms with van der Waals surface area (Å²) in [6, 6.07) is 5.09. The number of halogens is 1. The standard InChI is InChI=1S/C12H18FNS/c1-12(2,3)15-8-10-6-9(7-14)4-5-11(10)13/h4-6H,7-8,14H2,1-3H3. The van der Waals surface area contributed by atoms with Gasteiger partial charge in [0.25, 0.3) is 0 Å². The zero-order valence-corrected chi connectivity index (χ0v) is 10.3. The van der Waals surface area contributed by atoms with Crippen LogP contribution in [0.3, 0.4) is 0 Å². The fraction of sp³-hybridized carbons (Fsp3) is 0.500. The van der Waals surface area contributed by atoms with Crippen molar-refractivity contribution in [3.63, 3.8) is 0 Å². The molecular weight excluding hydrogens is 209 g/mol. The molecule has 0 aromatic heterocycles. The summed E-state index contributed by atoms with van der Waals surface area (Å²) in [7, 11) is 0. The molecule has 0 saturated heterocycles. The van der Waals surface area contributed by atoms with Gasteiger partial charge in [0, 0.05) is 17.0 Å². The number of benzene rings is 1. The van der Waals surface area contributed by atoms with Gasteiger partial charge >= 0.3 is 0 Å². The summed E-state index contributed by atoms with van der Waals surface area (Å²) in [6.07, 6.45) is 0. The maximum atomic E-state index is 13.4. The van der Waals surface area contributed by atoms with E-state index in [-0.39, 0.29) is 10.6 Å². The van der Waals surface area contributed by atoms with Crippen molar-refractivity contribution in [1.29, 1.82) is 0 Å². The monoisotopic (exact) mass is 227 g/mol. The number of hydrogen-bond acceptors (Lipinski definition) is 2. The van der Waals surface area contributed by atoms with Crippen LogP contribution in [-0.2, 0) is 12.3 Å². The van der Waals surface area contributed by atoms with E-state index in [0.717, 1.165) is 11.1 Å². The smallest absolute Gasteiger partial charge is 0.127 e.